The van der Waals surface area contributed by atoms with Crippen LogP contribution in [0.3, 0.4) is 0 Å². The molecule has 0 aliphatic heterocycles. The van der Waals surface area contributed by atoms with Crippen LogP contribution in [-0.4, -0.2) is 17.0 Å². The highest BCUT2D eigenvalue weighted by molar-refractivity contribution is 5.77. The van der Waals surface area contributed by atoms with Crippen molar-refractivity contribution >= 4 is 11.0 Å². The second-order valence-electron chi connectivity index (χ2n) is 3.67. The Morgan fingerprint density at radius 2 is 2.00 bits per heavy atom. The Morgan fingerprint density at radius 3 is 2.71 bits per heavy atom. The molecule has 0 unspecified atom stereocenters. The summed E-state index contributed by atoms with van der Waals surface area (Å²) >= 11 is 0. The van der Waals surface area contributed by atoms with E-state index in [4.69, 9.17) is 0 Å². The van der Waals surface area contributed by atoms with Crippen LogP contribution < -0.4 is 5.32 Å². The van der Waals surface area contributed by atoms with Gasteiger partial charge in [0.2, 0.25) is 0 Å². The number of fused-ring (bicyclic) bond motifs is 1. The molecule has 0 saturated carbocycles. The van der Waals surface area contributed by atoms with Gasteiger partial charge in [-0.2, -0.15) is 0 Å². The third-order valence-corrected chi connectivity index (χ3v) is 2.49. The standard InChI is InChI=1S/C11H15N3/c1-7-4-9-10(5-8(7)2)14-11(13-9)6-12-3/h4-5,12H,6H2,1-3H3,(H,13,14). The normalized spacial score (nSPS) is 11.1. The second kappa shape index (κ2) is 3.42. The lowest BCUT2D eigenvalue weighted by atomic mass is 10.1. The summed E-state index contributed by atoms with van der Waals surface area (Å²) in [7, 11) is 1.92. The summed E-state index contributed by atoms with van der Waals surface area (Å²) in [5.41, 5.74) is 4.77. The van der Waals surface area contributed by atoms with Crippen molar-refractivity contribution < 1.29 is 0 Å². The van der Waals surface area contributed by atoms with Crippen LogP contribution in [0.4, 0.5) is 0 Å². The van der Waals surface area contributed by atoms with Crippen molar-refractivity contribution in [1.82, 2.24) is 15.3 Å². The third-order valence-electron chi connectivity index (χ3n) is 2.49. The molecule has 0 aliphatic carbocycles. The lowest BCUT2D eigenvalue weighted by Crippen LogP contribution is -2.06. The first-order valence-electron chi connectivity index (χ1n) is 4.81. The van der Waals surface area contributed by atoms with Crippen molar-refractivity contribution in [1.29, 1.82) is 0 Å². The topological polar surface area (TPSA) is 40.7 Å². The number of nitrogens with zero attached hydrogens (tertiary/aromatic N) is 1. The van der Waals surface area contributed by atoms with Crippen molar-refractivity contribution in [2.75, 3.05) is 7.05 Å². The molecule has 0 bridgehead atoms. The van der Waals surface area contributed by atoms with Gasteiger partial charge in [-0.05, 0) is 44.2 Å². The lowest BCUT2D eigenvalue weighted by molar-refractivity contribution is 0.775. The van der Waals surface area contributed by atoms with Crippen molar-refractivity contribution in [3.8, 4) is 0 Å². The highest BCUT2D eigenvalue weighted by Gasteiger charge is 2.03. The first-order valence-corrected chi connectivity index (χ1v) is 4.81. The zero-order chi connectivity index (χ0) is 10.1. The van der Waals surface area contributed by atoms with Crippen molar-refractivity contribution in [2.45, 2.75) is 20.4 Å². The molecule has 3 heteroatoms. The number of H-pyrrole nitrogens is 1. The van der Waals surface area contributed by atoms with Gasteiger partial charge in [0.15, 0.2) is 0 Å². The molecule has 0 fully saturated rings. The number of aromatic amines is 1. The Morgan fingerprint density at radius 1 is 1.29 bits per heavy atom. The number of imidazole rings is 1. The third kappa shape index (κ3) is 1.51. The summed E-state index contributed by atoms with van der Waals surface area (Å²) in [6.07, 6.45) is 0. The molecule has 3 nitrogen and oxygen atoms in total. The molecular weight excluding hydrogens is 174 g/mol. The van der Waals surface area contributed by atoms with E-state index in [1.165, 1.54) is 11.1 Å². The van der Waals surface area contributed by atoms with Crippen molar-refractivity contribution in [2.24, 2.45) is 0 Å². The van der Waals surface area contributed by atoms with E-state index in [0.29, 0.717) is 0 Å². The lowest BCUT2D eigenvalue weighted by Gasteiger charge is -1.97. The maximum Gasteiger partial charge on any atom is 0.121 e. The molecule has 14 heavy (non-hydrogen) atoms. The van der Waals surface area contributed by atoms with E-state index in [9.17, 15) is 0 Å². The first kappa shape index (κ1) is 9.21. The van der Waals surface area contributed by atoms with Gasteiger partial charge >= 0.3 is 0 Å². The van der Waals surface area contributed by atoms with Gasteiger partial charge in [-0.3, -0.25) is 0 Å². The summed E-state index contributed by atoms with van der Waals surface area (Å²) in [4.78, 5) is 7.78. The minimum atomic E-state index is 0.784. The molecule has 1 aromatic heterocycles. The van der Waals surface area contributed by atoms with Gasteiger partial charge in [-0.25, -0.2) is 4.98 Å². The summed E-state index contributed by atoms with van der Waals surface area (Å²) < 4.78 is 0. The van der Waals surface area contributed by atoms with Crippen LogP contribution in [0.5, 0.6) is 0 Å². The fourth-order valence-electron chi connectivity index (χ4n) is 1.57. The number of hydrogen-bond acceptors (Lipinski definition) is 2. The van der Waals surface area contributed by atoms with Crippen LogP contribution >= 0.6 is 0 Å². The number of rotatable bonds is 2. The van der Waals surface area contributed by atoms with E-state index < -0.39 is 0 Å². The summed E-state index contributed by atoms with van der Waals surface area (Å²) in [5, 5.41) is 3.08. The number of hydrogen-bond donors (Lipinski definition) is 2. The molecule has 0 radical (unpaired) electrons. The minimum absolute atomic E-state index is 0.784. The van der Waals surface area contributed by atoms with Gasteiger partial charge in [0.25, 0.3) is 0 Å². The van der Waals surface area contributed by atoms with Gasteiger partial charge in [-0.1, -0.05) is 0 Å². The SMILES string of the molecule is CNCc1nc2cc(C)c(C)cc2[nH]1. The van der Waals surface area contributed by atoms with Gasteiger partial charge in [0.05, 0.1) is 17.6 Å². The summed E-state index contributed by atoms with van der Waals surface area (Å²) in [6.45, 7) is 5.02. The Kier molecular flexibility index (Phi) is 2.25. The highest BCUT2D eigenvalue weighted by Crippen LogP contribution is 2.16. The molecule has 0 amide bonds. The second-order valence-corrected chi connectivity index (χ2v) is 3.67. The number of nitrogens with one attached hydrogen (secondary N) is 2. The van der Waals surface area contributed by atoms with E-state index in [-0.39, 0.29) is 0 Å². The zero-order valence-electron chi connectivity index (χ0n) is 8.81. The van der Waals surface area contributed by atoms with Crippen molar-refractivity contribution in [3.05, 3.63) is 29.1 Å². The fraction of sp³-hybridized carbons (Fsp3) is 0.364. The molecule has 1 aromatic carbocycles. The molecule has 2 aromatic rings. The van der Waals surface area contributed by atoms with E-state index in [1.54, 1.807) is 0 Å². The number of benzene rings is 1. The van der Waals surface area contributed by atoms with Crippen LogP contribution in [0.1, 0.15) is 17.0 Å². The average molecular weight is 189 g/mol. The Balaban J connectivity index is 2.54. The van der Waals surface area contributed by atoms with Crippen LogP contribution in [0, 0.1) is 13.8 Å². The van der Waals surface area contributed by atoms with Gasteiger partial charge in [0.1, 0.15) is 5.82 Å². The first-order chi connectivity index (χ1) is 6.70. The molecular formula is C11H15N3. The van der Waals surface area contributed by atoms with E-state index >= 15 is 0 Å². The maximum atomic E-state index is 4.49. The number of aromatic nitrogens is 2. The minimum Gasteiger partial charge on any atom is -0.341 e. The largest absolute Gasteiger partial charge is 0.341 e. The van der Waals surface area contributed by atoms with Gasteiger partial charge in [0, 0.05) is 0 Å². The van der Waals surface area contributed by atoms with E-state index in [1.807, 2.05) is 7.05 Å². The molecule has 2 N–H and O–H groups in total. The fourth-order valence-corrected chi connectivity index (χ4v) is 1.57. The van der Waals surface area contributed by atoms with Gasteiger partial charge in [-0.15, -0.1) is 0 Å². The molecule has 2 rings (SSSR count). The van der Waals surface area contributed by atoms with Crippen LogP contribution in [0.2, 0.25) is 0 Å². The molecule has 0 atom stereocenters. The zero-order valence-corrected chi connectivity index (χ0v) is 8.81. The average Bonchev–Trinajstić information content (AvgIpc) is 2.48. The molecule has 74 valence electrons. The maximum absolute atomic E-state index is 4.49. The smallest absolute Gasteiger partial charge is 0.121 e. The Labute approximate surface area is 83.6 Å². The van der Waals surface area contributed by atoms with E-state index in [2.05, 4.69) is 41.3 Å². The van der Waals surface area contributed by atoms with Crippen LogP contribution in [0.15, 0.2) is 12.1 Å². The summed E-state index contributed by atoms with van der Waals surface area (Å²) in [6, 6.07) is 4.27. The quantitative estimate of drug-likeness (QED) is 0.757. The Hall–Kier alpha value is -1.35. The molecule has 1 heterocycles. The predicted octanol–water partition coefficient (Wildman–Crippen LogP) is 1.90. The number of aryl methyl sites for hydroxylation is 2. The summed E-state index contributed by atoms with van der Waals surface area (Å²) in [5.74, 6) is 0.993. The molecule has 0 saturated heterocycles. The van der Waals surface area contributed by atoms with Gasteiger partial charge < -0.3 is 10.3 Å². The highest BCUT2D eigenvalue weighted by atomic mass is 15.0. The Bertz CT molecular complexity index is 418. The predicted molar refractivity (Wildman–Crippen MR) is 58.3 cm³/mol. The monoisotopic (exact) mass is 189 g/mol. The molecule has 0 aliphatic rings. The molecule has 0 spiro atoms. The van der Waals surface area contributed by atoms with E-state index in [0.717, 1.165) is 23.4 Å². The van der Waals surface area contributed by atoms with Crippen LogP contribution in [-0.2, 0) is 6.54 Å². The van der Waals surface area contributed by atoms with Crippen LogP contribution in [0.25, 0.3) is 11.0 Å². The van der Waals surface area contributed by atoms with Crippen molar-refractivity contribution in [3.63, 3.8) is 0 Å².